The zero-order valence-corrected chi connectivity index (χ0v) is 25.6. The molecule has 8 rings (SSSR count). The van der Waals surface area contributed by atoms with Crippen LogP contribution in [0.4, 0.5) is 0 Å². The van der Waals surface area contributed by atoms with Gasteiger partial charge in [0.25, 0.3) is 0 Å². The molecule has 0 bridgehead atoms. The summed E-state index contributed by atoms with van der Waals surface area (Å²) < 4.78 is 13.1. The van der Waals surface area contributed by atoms with Crippen LogP contribution in [0.2, 0.25) is 0 Å². The van der Waals surface area contributed by atoms with Gasteiger partial charge in [0.15, 0.2) is 17.4 Å². The highest BCUT2D eigenvalue weighted by molar-refractivity contribution is 6.09. The lowest BCUT2D eigenvalue weighted by atomic mass is 9.93. The molecule has 0 unspecified atom stereocenters. The van der Waals surface area contributed by atoms with Crippen molar-refractivity contribution in [3.05, 3.63) is 145 Å². The molecule has 0 amide bonds. The van der Waals surface area contributed by atoms with E-state index in [0.29, 0.717) is 5.92 Å². The van der Waals surface area contributed by atoms with Crippen molar-refractivity contribution in [2.75, 3.05) is 0 Å². The Morgan fingerprint density at radius 1 is 0.644 bits per heavy atom. The quantitative estimate of drug-likeness (QED) is 0.182. The Morgan fingerprint density at radius 3 is 2.24 bits per heavy atom. The molecule has 0 aliphatic carbocycles. The van der Waals surface area contributed by atoms with Crippen LogP contribution in [0.3, 0.4) is 0 Å². The van der Waals surface area contributed by atoms with Gasteiger partial charge in [0.1, 0.15) is 23.0 Å². The molecule has 5 heteroatoms. The molecule has 3 aromatic heterocycles. The third-order valence-corrected chi connectivity index (χ3v) is 8.66. The SMILES string of the molecule is CC(C)c1ccccc1-c1ccnc(-n2c3ccccc3c3ccc(Oc4cccc(-n5[cH+]n(C)c6ccccc65)c4)cc32)c1. The minimum absolute atomic E-state index is 0.420. The van der Waals surface area contributed by atoms with Crippen LogP contribution in [0.5, 0.6) is 11.5 Å². The number of fused-ring (bicyclic) bond motifs is 4. The van der Waals surface area contributed by atoms with E-state index in [0.717, 1.165) is 50.5 Å². The van der Waals surface area contributed by atoms with E-state index in [2.05, 4.69) is 156 Å². The number of para-hydroxylation sites is 3. The van der Waals surface area contributed by atoms with Crippen molar-refractivity contribution >= 4 is 32.8 Å². The monoisotopic (exact) mass is 585 g/mol. The van der Waals surface area contributed by atoms with Gasteiger partial charge in [-0.1, -0.05) is 56.3 Å². The number of hydrogen-bond donors (Lipinski definition) is 0. The fourth-order valence-corrected chi connectivity index (χ4v) is 6.53. The van der Waals surface area contributed by atoms with Crippen LogP contribution in [0.25, 0.3) is 55.5 Å². The van der Waals surface area contributed by atoms with Crippen LogP contribution in [0, 0.1) is 0 Å². The molecular weight excluding hydrogens is 552 g/mol. The maximum atomic E-state index is 6.54. The molecule has 8 aromatic rings. The number of imidazole rings is 1. The summed E-state index contributed by atoms with van der Waals surface area (Å²) in [5.41, 5.74) is 9.26. The van der Waals surface area contributed by atoms with Crippen LogP contribution in [0.15, 0.2) is 140 Å². The first-order chi connectivity index (χ1) is 22.0. The summed E-state index contributed by atoms with van der Waals surface area (Å²) >= 11 is 0. The van der Waals surface area contributed by atoms with Gasteiger partial charge < -0.3 is 4.74 Å². The van der Waals surface area contributed by atoms with Crippen LogP contribution in [-0.2, 0) is 7.05 Å². The summed E-state index contributed by atoms with van der Waals surface area (Å²) in [4.78, 5) is 4.89. The van der Waals surface area contributed by atoms with E-state index in [1.165, 1.54) is 22.0 Å². The smallest absolute Gasteiger partial charge is 0.191 e. The van der Waals surface area contributed by atoms with Crippen molar-refractivity contribution in [3.8, 4) is 34.1 Å². The van der Waals surface area contributed by atoms with Crippen molar-refractivity contribution in [2.24, 2.45) is 7.05 Å². The first-order valence-electron chi connectivity index (χ1n) is 15.4. The number of pyridine rings is 1. The molecule has 0 saturated carbocycles. The maximum Gasteiger partial charge on any atom is 0.191 e. The topological polar surface area (TPSA) is 36.9 Å². The standard InChI is InChI=1S/C40H33N4O/c1-27(2)32-13-4-5-14-33(32)28-21-22-41-40(23-28)44-36-16-7-6-15-34(36)35-20-19-31(25-39(35)44)45-30-12-10-11-29(24-30)43-26-42(3)37-17-8-9-18-38(37)43/h4-27H,1-3H3/q+1. The number of ether oxygens (including phenoxy) is 1. The van der Waals surface area contributed by atoms with E-state index in [9.17, 15) is 0 Å². The van der Waals surface area contributed by atoms with E-state index >= 15 is 0 Å². The van der Waals surface area contributed by atoms with Crippen molar-refractivity contribution in [1.82, 2.24) is 18.7 Å². The van der Waals surface area contributed by atoms with Crippen molar-refractivity contribution in [1.29, 1.82) is 0 Å². The second kappa shape index (κ2) is 10.8. The zero-order valence-electron chi connectivity index (χ0n) is 25.6. The highest BCUT2D eigenvalue weighted by atomic mass is 16.5. The van der Waals surface area contributed by atoms with E-state index in [1.54, 1.807) is 0 Å². The van der Waals surface area contributed by atoms with Gasteiger partial charge in [0.05, 0.1) is 11.0 Å². The van der Waals surface area contributed by atoms with E-state index < -0.39 is 0 Å². The molecule has 0 atom stereocenters. The van der Waals surface area contributed by atoms with Crippen molar-refractivity contribution < 1.29 is 4.74 Å². The molecule has 0 aliphatic heterocycles. The van der Waals surface area contributed by atoms with Gasteiger partial charge in [-0.05, 0) is 77.2 Å². The molecule has 0 N–H and O–H groups in total. The number of aromatic nitrogens is 4. The number of nitrogens with zero attached hydrogens (tertiary/aromatic N) is 4. The third-order valence-electron chi connectivity index (χ3n) is 8.66. The Balaban J connectivity index is 1.23. The minimum Gasteiger partial charge on any atom is -0.456 e. The molecule has 5 aromatic carbocycles. The Kier molecular flexibility index (Phi) is 6.45. The highest BCUT2D eigenvalue weighted by Crippen LogP contribution is 2.37. The largest absolute Gasteiger partial charge is 0.456 e. The molecule has 0 fully saturated rings. The Morgan fingerprint density at radius 2 is 1.38 bits per heavy atom. The van der Waals surface area contributed by atoms with Gasteiger partial charge in [-0.2, -0.15) is 4.57 Å². The average Bonchev–Trinajstić information content (AvgIpc) is 3.59. The number of rotatable bonds is 6. The summed E-state index contributed by atoms with van der Waals surface area (Å²) in [7, 11) is 2.07. The average molecular weight is 586 g/mol. The molecule has 3 heterocycles. The van der Waals surface area contributed by atoms with Crippen LogP contribution in [-0.4, -0.2) is 18.7 Å². The number of aryl methyl sites for hydroxylation is 1. The fraction of sp³-hybridized carbons (Fsp3) is 0.100. The summed E-state index contributed by atoms with van der Waals surface area (Å²) in [6.45, 7) is 4.48. The van der Waals surface area contributed by atoms with Crippen LogP contribution < -0.4 is 4.74 Å². The van der Waals surface area contributed by atoms with Gasteiger partial charge in [0, 0.05) is 54.3 Å². The molecule has 0 radical (unpaired) electrons. The lowest BCUT2D eigenvalue weighted by molar-refractivity contribution is 0.483. The van der Waals surface area contributed by atoms with Gasteiger partial charge in [-0.15, -0.1) is 0 Å². The Bertz CT molecular complexity index is 2360. The van der Waals surface area contributed by atoms with Gasteiger partial charge in [-0.25, -0.2) is 9.55 Å². The summed E-state index contributed by atoms with van der Waals surface area (Å²) in [6, 6.07) is 44.5. The van der Waals surface area contributed by atoms with Gasteiger partial charge >= 0.3 is 0 Å². The van der Waals surface area contributed by atoms with Gasteiger partial charge in [0.2, 0.25) is 0 Å². The zero-order chi connectivity index (χ0) is 30.5. The molecule has 0 spiro atoms. The predicted octanol–water partition coefficient (Wildman–Crippen LogP) is 10.3. The molecule has 45 heavy (non-hydrogen) atoms. The highest BCUT2D eigenvalue weighted by Gasteiger charge is 2.18. The maximum absolute atomic E-state index is 6.54. The lowest BCUT2D eigenvalue weighted by Crippen LogP contribution is -1.99. The second-order valence-electron chi connectivity index (χ2n) is 11.9. The number of benzene rings is 5. The number of hydrogen-bond acceptors (Lipinski definition) is 2. The molecule has 218 valence electrons. The Hall–Kier alpha value is -5.68. The van der Waals surface area contributed by atoms with E-state index in [-0.39, 0.29) is 0 Å². The Labute approximate surface area is 262 Å². The molecule has 5 nitrogen and oxygen atoms in total. The second-order valence-corrected chi connectivity index (χ2v) is 11.9. The first kappa shape index (κ1) is 26.9. The van der Waals surface area contributed by atoms with Gasteiger partial charge in [-0.3, -0.25) is 4.57 Å². The fourth-order valence-electron chi connectivity index (χ4n) is 6.53. The first-order valence-corrected chi connectivity index (χ1v) is 15.4. The normalized spacial score (nSPS) is 11.6. The molecule has 0 saturated heterocycles. The summed E-state index contributed by atoms with van der Waals surface area (Å²) in [6.07, 6.45) is 4.02. The molecular formula is C40H33N4O+. The third kappa shape index (κ3) is 4.64. The van der Waals surface area contributed by atoms with Crippen molar-refractivity contribution in [2.45, 2.75) is 19.8 Å². The van der Waals surface area contributed by atoms with E-state index in [1.807, 2.05) is 18.3 Å². The van der Waals surface area contributed by atoms with Crippen LogP contribution in [0.1, 0.15) is 25.3 Å². The summed E-state index contributed by atoms with van der Waals surface area (Å²) in [5.74, 6) is 2.85. The minimum atomic E-state index is 0.420. The lowest BCUT2D eigenvalue weighted by Gasteiger charge is -2.14. The van der Waals surface area contributed by atoms with E-state index in [4.69, 9.17) is 9.72 Å². The summed E-state index contributed by atoms with van der Waals surface area (Å²) in [5, 5.41) is 2.34. The van der Waals surface area contributed by atoms with Crippen LogP contribution >= 0.6 is 0 Å². The molecule has 0 aliphatic rings. The van der Waals surface area contributed by atoms with Crippen molar-refractivity contribution in [3.63, 3.8) is 0 Å². The predicted molar refractivity (Wildman–Crippen MR) is 185 cm³/mol.